The summed E-state index contributed by atoms with van der Waals surface area (Å²) >= 11 is 0. The maximum atomic E-state index is 15.7. The van der Waals surface area contributed by atoms with Crippen LogP contribution in [0.15, 0.2) is 99.1 Å². The normalized spacial score (nSPS) is 17.2. The van der Waals surface area contributed by atoms with Crippen molar-refractivity contribution in [3.8, 4) is 5.75 Å². The molecule has 15 heteroatoms. The number of ether oxygens (including phenoxy) is 1. The molecule has 1 fully saturated rings. The molecule has 5 rings (SSSR count). The van der Waals surface area contributed by atoms with Gasteiger partial charge in [-0.1, -0.05) is 24.3 Å². The number of hydrogen-bond donors (Lipinski definition) is 4. The lowest BCUT2D eigenvalue weighted by Gasteiger charge is -2.36. The number of aldehydes is 1. The van der Waals surface area contributed by atoms with E-state index in [-0.39, 0.29) is 63.8 Å². The molecule has 0 spiro atoms. The molecule has 1 aliphatic rings. The van der Waals surface area contributed by atoms with Crippen LogP contribution in [-0.4, -0.2) is 63.6 Å². The minimum absolute atomic E-state index is 0.0615. The maximum Gasteiger partial charge on any atom is 0.252 e. The third kappa shape index (κ3) is 10.2. The molecule has 3 aromatic carbocycles. The van der Waals surface area contributed by atoms with E-state index in [2.05, 4.69) is 32.4 Å². The number of hydrogen-bond acceptors (Lipinski definition) is 10. The molecule has 0 saturated heterocycles. The van der Waals surface area contributed by atoms with Gasteiger partial charge >= 0.3 is 0 Å². The van der Waals surface area contributed by atoms with Crippen molar-refractivity contribution >= 4 is 53.1 Å². The Hall–Kier alpha value is -6.09. The lowest BCUT2D eigenvalue weighted by Crippen LogP contribution is -2.48. The molecule has 13 nitrogen and oxygen atoms in total. The fourth-order valence-electron chi connectivity index (χ4n) is 6.51. The Kier molecular flexibility index (Phi) is 13.8. The van der Waals surface area contributed by atoms with Gasteiger partial charge in [0, 0.05) is 53.5 Å². The van der Waals surface area contributed by atoms with E-state index >= 15 is 4.39 Å². The van der Waals surface area contributed by atoms with E-state index in [1.807, 2.05) is 30.3 Å². The van der Waals surface area contributed by atoms with Gasteiger partial charge in [-0.05, 0) is 112 Å². The number of halogens is 1. The Labute approximate surface area is 333 Å². The third-order valence-electron chi connectivity index (χ3n) is 9.73. The molecule has 1 aliphatic carbocycles. The molecule has 2 atom stereocenters. The van der Waals surface area contributed by atoms with Gasteiger partial charge in [0.15, 0.2) is 5.75 Å². The zero-order valence-electron chi connectivity index (χ0n) is 32.3. The van der Waals surface area contributed by atoms with Crippen molar-refractivity contribution in [3.05, 3.63) is 113 Å². The van der Waals surface area contributed by atoms with Crippen LogP contribution in [0.4, 0.5) is 10.1 Å². The lowest BCUT2D eigenvalue weighted by molar-refractivity contribution is -0.121. The van der Waals surface area contributed by atoms with Crippen LogP contribution < -0.4 is 26.6 Å². The molecule has 0 bridgehead atoms. The van der Waals surface area contributed by atoms with Gasteiger partial charge in [0.25, 0.3) is 5.91 Å². The van der Waals surface area contributed by atoms with Crippen molar-refractivity contribution in [3.63, 3.8) is 0 Å². The van der Waals surface area contributed by atoms with E-state index in [0.717, 1.165) is 36.6 Å². The highest BCUT2D eigenvalue weighted by Gasteiger charge is 2.31. The minimum atomic E-state index is -1.67. The van der Waals surface area contributed by atoms with Gasteiger partial charge in [-0.25, -0.2) is 23.3 Å². The molecule has 2 unspecified atom stereocenters. The zero-order valence-corrected chi connectivity index (χ0v) is 33.1. The highest BCUT2D eigenvalue weighted by atomic mass is 32.2. The first-order valence-corrected chi connectivity index (χ1v) is 19.6. The molecule has 4 aromatic rings. The number of allylic oxidation sites excluding steroid dienone is 1. The predicted molar refractivity (Wildman–Crippen MR) is 217 cm³/mol. The summed E-state index contributed by atoms with van der Waals surface area (Å²) < 4.78 is 36.6. The van der Waals surface area contributed by atoms with Crippen molar-refractivity contribution in [2.24, 2.45) is 21.7 Å². The number of carbonyl (C=O) groups is 3. The van der Waals surface area contributed by atoms with Crippen molar-refractivity contribution in [2.75, 3.05) is 7.05 Å². The number of benzene rings is 3. The number of amides is 2. The molecule has 298 valence electrons. The summed E-state index contributed by atoms with van der Waals surface area (Å²) in [4.78, 5) is 45.9. The van der Waals surface area contributed by atoms with Gasteiger partial charge in [-0.2, -0.15) is 5.10 Å². The van der Waals surface area contributed by atoms with E-state index in [1.165, 1.54) is 36.4 Å². The SMILES string of the molecule is C=Nn1cnc(/C(C=N)=C/N)c(OC(C)C)c1=Nc1ccc(S(=O)c2cccc(CC3CC(c4ccc(C(=O)NC(C)(C=O)CCC(=O)NC)cc4)C3)c2)cc1F. The maximum absolute atomic E-state index is 15.7. The van der Waals surface area contributed by atoms with E-state index in [9.17, 15) is 18.6 Å². The third-order valence-corrected chi connectivity index (χ3v) is 11.1. The minimum Gasteiger partial charge on any atom is -0.485 e. The standard InChI is InChI=1S/C42H47FN8O5S/c1-26(2)56-39-38(32(22-44)23-45)48-25-51(47-5)40(39)49-36-14-13-34(21-35(36)43)57(55)33-8-6-7-27(20-33)17-28-18-31(19-28)29-9-11-30(12-10-29)41(54)50-42(3,24-52)16-15-37(53)46-4/h6-14,20-26,28,31,44H,5,15-19,45H2,1-4H3,(H,46,53)(H,50,54)/b32-23+,44-22?,49-40?. The summed E-state index contributed by atoms with van der Waals surface area (Å²) in [5, 5.41) is 16.9. The van der Waals surface area contributed by atoms with Crippen LogP contribution >= 0.6 is 0 Å². The van der Waals surface area contributed by atoms with E-state index in [0.29, 0.717) is 28.6 Å². The number of nitrogens with two attached hydrogens (primary N) is 1. The Morgan fingerprint density at radius 3 is 2.49 bits per heavy atom. The molecule has 1 saturated carbocycles. The van der Waals surface area contributed by atoms with Crippen LogP contribution in [0.1, 0.15) is 79.6 Å². The van der Waals surface area contributed by atoms with E-state index in [1.54, 1.807) is 45.0 Å². The molecular weight excluding hydrogens is 748 g/mol. The van der Waals surface area contributed by atoms with Crippen molar-refractivity contribution < 1.29 is 27.7 Å². The lowest BCUT2D eigenvalue weighted by atomic mass is 9.69. The molecule has 2 amide bonds. The number of nitrogens with one attached hydrogen (secondary N) is 3. The predicted octanol–water partition coefficient (Wildman–Crippen LogP) is 5.57. The second-order valence-corrected chi connectivity index (χ2v) is 15.8. The molecule has 57 heavy (non-hydrogen) atoms. The summed E-state index contributed by atoms with van der Waals surface area (Å²) in [6.07, 6.45) is 6.87. The highest BCUT2D eigenvalue weighted by Crippen LogP contribution is 2.43. The Balaban J connectivity index is 1.24. The Morgan fingerprint density at radius 2 is 1.88 bits per heavy atom. The van der Waals surface area contributed by atoms with Gasteiger partial charge in [0.1, 0.15) is 29.8 Å². The monoisotopic (exact) mass is 794 g/mol. The van der Waals surface area contributed by atoms with Crippen molar-refractivity contribution in [1.82, 2.24) is 20.3 Å². The van der Waals surface area contributed by atoms with Crippen LogP contribution in [0.3, 0.4) is 0 Å². The molecular formula is C42H47FN8O5S. The Bertz CT molecular complexity index is 2280. The molecule has 1 aromatic heterocycles. The molecule has 0 aliphatic heterocycles. The fraction of sp³-hybridized carbons (Fsp3) is 0.310. The first kappa shape index (κ1) is 42.1. The van der Waals surface area contributed by atoms with Gasteiger partial charge in [-0.3, -0.25) is 9.59 Å². The van der Waals surface area contributed by atoms with Gasteiger partial charge in [0.2, 0.25) is 11.4 Å². The Morgan fingerprint density at radius 1 is 1.16 bits per heavy atom. The number of carbonyl (C=O) groups excluding carboxylic acids is 3. The van der Waals surface area contributed by atoms with Crippen LogP contribution in [-0.2, 0) is 26.8 Å². The quantitative estimate of drug-likeness (QED) is 0.0793. The average Bonchev–Trinajstić information content (AvgIpc) is 3.20. The fourth-order valence-corrected chi connectivity index (χ4v) is 7.65. The van der Waals surface area contributed by atoms with E-state index < -0.39 is 22.2 Å². The second-order valence-electron chi connectivity index (χ2n) is 14.3. The summed E-state index contributed by atoms with van der Waals surface area (Å²) in [5.74, 6) is -0.418. The average molecular weight is 795 g/mol. The number of nitrogens with zero attached hydrogens (tertiary/aromatic N) is 4. The smallest absolute Gasteiger partial charge is 0.252 e. The molecule has 0 radical (unpaired) electrons. The summed E-state index contributed by atoms with van der Waals surface area (Å²) in [5.41, 5.74) is 7.66. The van der Waals surface area contributed by atoms with Gasteiger partial charge in [-0.15, -0.1) is 0 Å². The highest BCUT2D eigenvalue weighted by molar-refractivity contribution is 7.85. The van der Waals surface area contributed by atoms with Gasteiger partial charge in [0.05, 0.1) is 22.4 Å². The van der Waals surface area contributed by atoms with Crippen LogP contribution in [0.5, 0.6) is 5.75 Å². The van der Waals surface area contributed by atoms with Crippen molar-refractivity contribution in [1.29, 1.82) is 5.41 Å². The van der Waals surface area contributed by atoms with Crippen LogP contribution in [0.2, 0.25) is 0 Å². The summed E-state index contributed by atoms with van der Waals surface area (Å²) in [7, 11) is -0.150. The van der Waals surface area contributed by atoms with Crippen molar-refractivity contribution in [2.45, 2.75) is 80.2 Å². The number of aromatic nitrogens is 2. The summed E-state index contributed by atoms with van der Waals surface area (Å²) in [6.45, 7) is 8.74. The van der Waals surface area contributed by atoms with Crippen LogP contribution in [0.25, 0.3) is 5.57 Å². The van der Waals surface area contributed by atoms with Gasteiger partial charge < -0.3 is 31.3 Å². The van der Waals surface area contributed by atoms with E-state index in [4.69, 9.17) is 15.9 Å². The topological polar surface area (TPSA) is 194 Å². The first-order chi connectivity index (χ1) is 27.3. The molecule has 1 heterocycles. The molecule has 5 N–H and O–H groups in total. The van der Waals surface area contributed by atoms with Crippen LogP contribution in [0, 0.1) is 17.1 Å². The zero-order chi connectivity index (χ0) is 41.3. The second kappa shape index (κ2) is 18.7. The summed E-state index contributed by atoms with van der Waals surface area (Å²) in [6, 6.07) is 19.1. The largest absolute Gasteiger partial charge is 0.485 e. The first-order valence-electron chi connectivity index (χ1n) is 18.4. The number of rotatable bonds is 17.